The SMILES string of the molecule is C[C@@H]1C(=O)O[C@H]2[C@H](O)C34[C@@H]5OC(=O)[C@]3(O[C@@H]3OC(=O)[C@H](OCc6ccccc6)C34[C@H](C(C)(C)C)[C@H]5O)[C@@]12O. The monoisotopic (exact) mass is 530 g/mol. The largest absolute Gasteiger partial charge is 0.456 e. The second kappa shape index (κ2) is 6.95. The molecule has 2 aliphatic carbocycles. The maximum atomic E-state index is 13.8. The van der Waals surface area contributed by atoms with Crippen LogP contribution in [0.25, 0.3) is 0 Å². The molecule has 0 bridgehead atoms. The number of aliphatic hydroxyl groups is 3. The van der Waals surface area contributed by atoms with Crippen LogP contribution in [0.3, 0.4) is 0 Å². The first kappa shape index (κ1) is 24.5. The fourth-order valence-corrected chi connectivity index (χ4v) is 9.20. The van der Waals surface area contributed by atoms with Crippen molar-refractivity contribution in [3.05, 3.63) is 35.9 Å². The van der Waals surface area contributed by atoms with Gasteiger partial charge in [-0.2, -0.15) is 0 Å². The topological polar surface area (TPSA) is 158 Å². The molecule has 4 heterocycles. The second-order valence-corrected chi connectivity index (χ2v) is 12.6. The lowest BCUT2D eigenvalue weighted by molar-refractivity contribution is -0.240. The molecular formula is C27H30O11. The summed E-state index contributed by atoms with van der Waals surface area (Å²) in [6, 6.07) is 9.11. The Balaban J connectivity index is 1.50. The van der Waals surface area contributed by atoms with E-state index in [1.807, 2.05) is 51.1 Å². The maximum Gasteiger partial charge on any atom is 0.343 e. The van der Waals surface area contributed by atoms with E-state index in [1.165, 1.54) is 6.92 Å². The number of carbonyl (C=O) groups excluding carboxylic acids is 3. The van der Waals surface area contributed by atoms with Crippen LogP contribution in [0.4, 0.5) is 0 Å². The normalized spacial score (nSPS) is 51.8. The number of carbonyl (C=O) groups is 3. The molecule has 0 aromatic heterocycles. The molecule has 2 unspecified atom stereocenters. The van der Waals surface area contributed by atoms with Gasteiger partial charge in [0, 0.05) is 5.92 Å². The minimum Gasteiger partial charge on any atom is -0.456 e. The van der Waals surface area contributed by atoms with Gasteiger partial charge in [-0.1, -0.05) is 51.1 Å². The highest BCUT2D eigenvalue weighted by Crippen LogP contribution is 2.84. The van der Waals surface area contributed by atoms with E-state index in [9.17, 15) is 29.7 Å². The van der Waals surface area contributed by atoms with Crippen molar-refractivity contribution in [1.82, 2.24) is 0 Å². The molecule has 3 N–H and O–H groups in total. The lowest BCUT2D eigenvalue weighted by atomic mass is 9.51. The summed E-state index contributed by atoms with van der Waals surface area (Å²) in [6.45, 7) is 6.92. The number of aliphatic hydroxyl groups excluding tert-OH is 2. The van der Waals surface area contributed by atoms with Crippen LogP contribution in [0.5, 0.6) is 0 Å². The average molecular weight is 531 g/mol. The predicted molar refractivity (Wildman–Crippen MR) is 122 cm³/mol. The fraction of sp³-hybridized carbons (Fsp3) is 0.667. The number of hydrogen-bond donors (Lipinski definition) is 3. The Kier molecular flexibility index (Phi) is 4.47. The summed E-state index contributed by atoms with van der Waals surface area (Å²) in [5.41, 5.74) is -8.32. The lowest BCUT2D eigenvalue weighted by Crippen LogP contribution is -2.67. The van der Waals surface area contributed by atoms with Crippen molar-refractivity contribution in [3.8, 4) is 0 Å². The van der Waals surface area contributed by atoms with Gasteiger partial charge in [-0.15, -0.1) is 0 Å². The molecule has 11 nitrogen and oxygen atoms in total. The number of hydrogen-bond acceptors (Lipinski definition) is 11. The quantitative estimate of drug-likeness (QED) is 0.352. The number of esters is 3. The molecule has 0 radical (unpaired) electrons. The Bertz CT molecular complexity index is 1260. The van der Waals surface area contributed by atoms with Gasteiger partial charge < -0.3 is 39.0 Å². The van der Waals surface area contributed by atoms with Gasteiger partial charge in [-0.25, -0.2) is 9.59 Å². The van der Waals surface area contributed by atoms with E-state index in [-0.39, 0.29) is 6.61 Å². The van der Waals surface area contributed by atoms with Crippen LogP contribution in [-0.4, -0.2) is 81.2 Å². The molecule has 4 saturated heterocycles. The molecule has 2 spiro atoms. The molecule has 38 heavy (non-hydrogen) atoms. The molecule has 1 aromatic rings. The summed E-state index contributed by atoms with van der Waals surface area (Å²) in [5, 5.41) is 36.1. The van der Waals surface area contributed by atoms with Gasteiger partial charge >= 0.3 is 17.9 Å². The van der Waals surface area contributed by atoms with Crippen molar-refractivity contribution < 1.29 is 53.4 Å². The van der Waals surface area contributed by atoms with E-state index in [0.29, 0.717) is 0 Å². The summed E-state index contributed by atoms with van der Waals surface area (Å²) < 4.78 is 29.6. The highest BCUT2D eigenvalue weighted by molar-refractivity contribution is 5.94. The molecule has 204 valence electrons. The smallest absolute Gasteiger partial charge is 0.343 e. The number of ether oxygens (including phenoxy) is 5. The van der Waals surface area contributed by atoms with Crippen molar-refractivity contribution in [2.24, 2.45) is 28.1 Å². The molecule has 6 aliphatic rings. The zero-order chi connectivity index (χ0) is 27.2. The molecule has 6 fully saturated rings. The number of rotatable bonds is 3. The van der Waals surface area contributed by atoms with E-state index >= 15 is 0 Å². The van der Waals surface area contributed by atoms with Crippen LogP contribution in [-0.2, 0) is 44.7 Å². The number of fused-ring (bicyclic) bond motifs is 1. The maximum absolute atomic E-state index is 13.8. The van der Waals surface area contributed by atoms with Crippen molar-refractivity contribution in [2.75, 3.05) is 0 Å². The summed E-state index contributed by atoms with van der Waals surface area (Å²) in [7, 11) is 0. The summed E-state index contributed by atoms with van der Waals surface area (Å²) in [4.78, 5) is 40.0. The third-order valence-electron chi connectivity index (χ3n) is 10.2. The van der Waals surface area contributed by atoms with Crippen LogP contribution >= 0.6 is 0 Å². The van der Waals surface area contributed by atoms with E-state index in [1.54, 1.807) is 0 Å². The highest BCUT2D eigenvalue weighted by Gasteiger charge is 3.05. The Morgan fingerprint density at radius 2 is 1.66 bits per heavy atom. The fourth-order valence-electron chi connectivity index (χ4n) is 9.20. The lowest BCUT2D eigenvalue weighted by Gasteiger charge is -2.48. The van der Waals surface area contributed by atoms with Crippen LogP contribution < -0.4 is 0 Å². The first-order valence-electron chi connectivity index (χ1n) is 12.9. The minimum atomic E-state index is -2.36. The third kappa shape index (κ3) is 2.13. The number of benzene rings is 1. The highest BCUT2D eigenvalue weighted by atomic mass is 16.8. The van der Waals surface area contributed by atoms with Crippen molar-refractivity contribution >= 4 is 17.9 Å². The molecule has 11 heteroatoms. The van der Waals surface area contributed by atoms with Gasteiger partial charge in [0.25, 0.3) is 0 Å². The minimum absolute atomic E-state index is 0.0141. The van der Waals surface area contributed by atoms with E-state index in [0.717, 1.165) is 5.56 Å². The third-order valence-corrected chi connectivity index (χ3v) is 10.2. The van der Waals surface area contributed by atoms with Crippen molar-refractivity contribution in [3.63, 3.8) is 0 Å². The summed E-state index contributed by atoms with van der Waals surface area (Å²) in [5.74, 6) is -4.79. The van der Waals surface area contributed by atoms with Gasteiger partial charge in [0.05, 0.1) is 29.5 Å². The predicted octanol–water partition coefficient (Wildman–Crippen LogP) is -0.174. The van der Waals surface area contributed by atoms with Crippen LogP contribution in [0.1, 0.15) is 33.3 Å². The molecule has 4 aliphatic heterocycles. The zero-order valence-electron chi connectivity index (χ0n) is 21.3. The van der Waals surface area contributed by atoms with Gasteiger partial charge in [0.2, 0.25) is 11.9 Å². The second-order valence-electron chi connectivity index (χ2n) is 12.6. The van der Waals surface area contributed by atoms with Gasteiger partial charge in [0.1, 0.15) is 12.2 Å². The molecule has 1 aromatic carbocycles. The molecule has 2 saturated carbocycles. The Hall–Kier alpha value is -2.57. The first-order valence-corrected chi connectivity index (χ1v) is 12.9. The zero-order valence-corrected chi connectivity index (χ0v) is 21.3. The average Bonchev–Trinajstić information content (AvgIpc) is 3.55. The van der Waals surface area contributed by atoms with Crippen LogP contribution in [0.15, 0.2) is 30.3 Å². The van der Waals surface area contributed by atoms with Crippen molar-refractivity contribution in [2.45, 2.75) is 82.3 Å². The van der Waals surface area contributed by atoms with E-state index < -0.39 is 94.0 Å². The summed E-state index contributed by atoms with van der Waals surface area (Å²) >= 11 is 0. The molecule has 7 rings (SSSR count). The standard InChI is InChI=1S/C27H30O11/c1-11-19(30)35-17-15(29)25-16-13(28)14(23(2,3)4)24(25)18(34-10-12-8-6-5-7-9-12)20(31)37-22(24)38-27(25,21(32)36-16)26(11,17)33/h5-9,11,13-18,22,28-29,33H,10H2,1-4H3/t11-,13-,14+,15+,16-,17+,18+,22+,24?,25?,26-,27-/m1/s1. The van der Waals surface area contributed by atoms with Crippen molar-refractivity contribution in [1.29, 1.82) is 0 Å². The van der Waals surface area contributed by atoms with Gasteiger partial charge in [-0.3, -0.25) is 4.79 Å². The Morgan fingerprint density at radius 3 is 2.32 bits per heavy atom. The Morgan fingerprint density at radius 1 is 0.974 bits per heavy atom. The van der Waals surface area contributed by atoms with E-state index in [4.69, 9.17) is 23.7 Å². The van der Waals surface area contributed by atoms with Crippen LogP contribution in [0.2, 0.25) is 0 Å². The summed E-state index contributed by atoms with van der Waals surface area (Å²) in [6.07, 6.45) is -8.97. The van der Waals surface area contributed by atoms with Gasteiger partial charge in [0.15, 0.2) is 17.8 Å². The molecular weight excluding hydrogens is 500 g/mol. The van der Waals surface area contributed by atoms with E-state index in [2.05, 4.69) is 0 Å². The molecule has 0 amide bonds. The Labute approximate surface area is 217 Å². The van der Waals surface area contributed by atoms with Gasteiger partial charge in [-0.05, 0) is 17.9 Å². The van der Waals surface area contributed by atoms with Crippen LogP contribution in [0, 0.1) is 28.1 Å². The first-order chi connectivity index (χ1) is 17.8. The molecule has 12 atom stereocenters.